The molecule has 0 aliphatic heterocycles. The maximum absolute atomic E-state index is 11.5. The number of hydrogen-bond donors (Lipinski definition) is 1. The summed E-state index contributed by atoms with van der Waals surface area (Å²) in [4.78, 5) is 0.389. The predicted molar refractivity (Wildman–Crippen MR) is 84.7 cm³/mol. The molecule has 20 heavy (non-hydrogen) atoms. The van der Waals surface area contributed by atoms with Crippen LogP contribution in [-0.4, -0.2) is 21.2 Å². The molecule has 0 spiro atoms. The third-order valence-electron chi connectivity index (χ3n) is 3.80. The summed E-state index contributed by atoms with van der Waals surface area (Å²) in [6.07, 6.45) is 4.57. The van der Waals surface area contributed by atoms with Gasteiger partial charge < -0.3 is 5.32 Å². The van der Waals surface area contributed by atoms with Gasteiger partial charge in [-0.3, -0.25) is 0 Å². The molecule has 0 saturated heterocycles. The molecule has 0 aliphatic carbocycles. The van der Waals surface area contributed by atoms with Gasteiger partial charge in [-0.15, -0.1) is 0 Å². The lowest BCUT2D eigenvalue weighted by atomic mass is 9.89. The van der Waals surface area contributed by atoms with Gasteiger partial charge >= 0.3 is 0 Å². The molecule has 0 aromatic heterocycles. The lowest BCUT2D eigenvalue weighted by Gasteiger charge is -2.27. The molecule has 0 bridgehead atoms. The molecule has 1 unspecified atom stereocenters. The van der Waals surface area contributed by atoms with Gasteiger partial charge in [0.05, 0.1) is 4.90 Å². The Labute approximate surface area is 123 Å². The quantitative estimate of drug-likeness (QED) is 0.798. The summed E-state index contributed by atoms with van der Waals surface area (Å²) in [5.41, 5.74) is 1.18. The van der Waals surface area contributed by atoms with Crippen LogP contribution in [0.3, 0.4) is 0 Å². The van der Waals surface area contributed by atoms with Gasteiger partial charge in [0.2, 0.25) is 0 Å². The second-order valence-electron chi connectivity index (χ2n) is 5.35. The van der Waals surface area contributed by atoms with Crippen molar-refractivity contribution in [1.82, 2.24) is 5.32 Å². The minimum atomic E-state index is -3.11. The van der Waals surface area contributed by atoms with E-state index in [9.17, 15) is 8.42 Å². The average Bonchev–Trinajstić information content (AvgIpc) is 2.43. The van der Waals surface area contributed by atoms with Crippen molar-refractivity contribution in [3.05, 3.63) is 29.8 Å². The highest BCUT2D eigenvalue weighted by atomic mass is 32.2. The summed E-state index contributed by atoms with van der Waals surface area (Å²) in [7, 11) is -3.11. The molecule has 1 atom stereocenters. The van der Waals surface area contributed by atoms with E-state index in [-0.39, 0.29) is 0 Å². The van der Waals surface area contributed by atoms with E-state index in [1.54, 1.807) is 12.1 Å². The van der Waals surface area contributed by atoms with Gasteiger partial charge in [-0.2, -0.15) is 0 Å². The Kier molecular flexibility index (Phi) is 6.69. The Morgan fingerprint density at radius 3 is 2.00 bits per heavy atom. The predicted octanol–water partition coefficient (Wildman–Crippen LogP) is 3.57. The Bertz CT molecular complexity index is 490. The molecule has 0 aliphatic rings. The molecule has 0 saturated carbocycles. The Balaban J connectivity index is 3.01. The highest BCUT2D eigenvalue weighted by molar-refractivity contribution is 7.90. The van der Waals surface area contributed by atoms with Crippen LogP contribution in [0, 0.1) is 5.92 Å². The number of rotatable bonds is 8. The maximum atomic E-state index is 11.5. The van der Waals surface area contributed by atoms with Crippen LogP contribution in [0.2, 0.25) is 0 Å². The van der Waals surface area contributed by atoms with E-state index in [0.29, 0.717) is 16.9 Å². The van der Waals surface area contributed by atoms with Gasteiger partial charge in [0.1, 0.15) is 0 Å². The van der Waals surface area contributed by atoms with Gasteiger partial charge in [-0.1, -0.05) is 45.7 Å². The van der Waals surface area contributed by atoms with E-state index < -0.39 is 9.84 Å². The molecule has 0 fully saturated rings. The first-order valence-electron chi connectivity index (χ1n) is 7.47. The largest absolute Gasteiger partial charge is 0.310 e. The lowest BCUT2D eigenvalue weighted by molar-refractivity contribution is 0.341. The van der Waals surface area contributed by atoms with E-state index in [1.807, 2.05) is 12.1 Å². The summed E-state index contributed by atoms with van der Waals surface area (Å²) in [6, 6.07) is 7.63. The van der Waals surface area contributed by atoms with Gasteiger partial charge in [0.15, 0.2) is 9.84 Å². The molecule has 3 nitrogen and oxygen atoms in total. The Hall–Kier alpha value is -0.870. The fraction of sp³-hybridized carbons (Fsp3) is 0.625. The molecule has 0 radical (unpaired) electrons. The topological polar surface area (TPSA) is 46.2 Å². The molecular formula is C16H27NO2S. The Morgan fingerprint density at radius 1 is 1.05 bits per heavy atom. The molecule has 1 aromatic rings. The molecule has 1 aromatic carbocycles. The number of hydrogen-bond acceptors (Lipinski definition) is 3. The third kappa shape index (κ3) is 4.60. The minimum absolute atomic E-state index is 0.304. The first kappa shape index (κ1) is 17.2. The first-order chi connectivity index (χ1) is 9.43. The van der Waals surface area contributed by atoms with Crippen LogP contribution in [0.4, 0.5) is 0 Å². The van der Waals surface area contributed by atoms with Gasteiger partial charge in [0, 0.05) is 12.3 Å². The molecule has 0 heterocycles. The van der Waals surface area contributed by atoms with Crippen LogP contribution < -0.4 is 5.32 Å². The molecule has 4 heteroatoms. The van der Waals surface area contributed by atoms with E-state index >= 15 is 0 Å². The van der Waals surface area contributed by atoms with Crippen LogP contribution in [0.15, 0.2) is 29.2 Å². The standard InChI is InChI=1S/C16H27NO2S/c1-5-12-17-16(13(6-2)7-3)14-8-10-15(11-9-14)20(4,18)19/h8-11,13,16-17H,5-7,12H2,1-4H3. The van der Waals surface area contributed by atoms with Gasteiger partial charge in [0.25, 0.3) is 0 Å². The monoisotopic (exact) mass is 297 g/mol. The highest BCUT2D eigenvalue weighted by Gasteiger charge is 2.20. The third-order valence-corrected chi connectivity index (χ3v) is 4.93. The first-order valence-corrected chi connectivity index (χ1v) is 9.36. The number of sulfone groups is 1. The molecule has 1 rings (SSSR count). The van der Waals surface area contributed by atoms with Crippen LogP contribution in [0.1, 0.15) is 51.6 Å². The maximum Gasteiger partial charge on any atom is 0.175 e. The van der Waals surface area contributed by atoms with Crippen molar-refractivity contribution in [1.29, 1.82) is 0 Å². The van der Waals surface area contributed by atoms with E-state index in [1.165, 1.54) is 11.8 Å². The van der Waals surface area contributed by atoms with Gasteiger partial charge in [-0.05, 0) is 36.6 Å². The molecular weight excluding hydrogens is 270 g/mol. The zero-order chi connectivity index (χ0) is 15.2. The fourth-order valence-corrected chi connectivity index (χ4v) is 3.17. The van der Waals surface area contributed by atoms with Crippen molar-refractivity contribution in [3.8, 4) is 0 Å². The van der Waals surface area contributed by atoms with E-state index in [4.69, 9.17) is 0 Å². The zero-order valence-corrected chi connectivity index (χ0v) is 13.8. The van der Waals surface area contributed by atoms with Crippen molar-refractivity contribution in [2.75, 3.05) is 12.8 Å². The second-order valence-corrected chi connectivity index (χ2v) is 7.37. The molecule has 0 amide bonds. The van der Waals surface area contributed by atoms with Crippen LogP contribution in [-0.2, 0) is 9.84 Å². The summed E-state index contributed by atoms with van der Waals surface area (Å²) in [5, 5.41) is 3.60. The smallest absolute Gasteiger partial charge is 0.175 e. The van der Waals surface area contributed by atoms with Crippen molar-refractivity contribution in [3.63, 3.8) is 0 Å². The van der Waals surface area contributed by atoms with Gasteiger partial charge in [-0.25, -0.2) is 8.42 Å². The lowest BCUT2D eigenvalue weighted by Crippen LogP contribution is -2.28. The SMILES string of the molecule is CCCNC(c1ccc(S(C)(=O)=O)cc1)C(CC)CC. The second kappa shape index (κ2) is 7.79. The highest BCUT2D eigenvalue weighted by Crippen LogP contribution is 2.28. The summed E-state index contributed by atoms with van der Waals surface area (Å²) in [5.74, 6) is 0.575. The number of nitrogens with one attached hydrogen (secondary N) is 1. The van der Waals surface area contributed by atoms with Crippen molar-refractivity contribution < 1.29 is 8.42 Å². The van der Waals surface area contributed by atoms with E-state index in [0.717, 1.165) is 25.8 Å². The Morgan fingerprint density at radius 2 is 1.60 bits per heavy atom. The zero-order valence-electron chi connectivity index (χ0n) is 13.0. The fourth-order valence-electron chi connectivity index (χ4n) is 2.54. The van der Waals surface area contributed by atoms with Crippen molar-refractivity contribution >= 4 is 9.84 Å². The summed E-state index contributed by atoms with van der Waals surface area (Å²) >= 11 is 0. The van der Waals surface area contributed by atoms with Crippen molar-refractivity contribution in [2.45, 2.75) is 51.0 Å². The normalized spacial score (nSPS) is 13.7. The average molecular weight is 297 g/mol. The summed E-state index contributed by atoms with van der Waals surface area (Å²) < 4.78 is 23.0. The molecule has 1 N–H and O–H groups in total. The molecule has 114 valence electrons. The van der Waals surface area contributed by atoms with Crippen LogP contribution >= 0.6 is 0 Å². The number of benzene rings is 1. The van der Waals surface area contributed by atoms with Crippen molar-refractivity contribution in [2.24, 2.45) is 5.92 Å². The van der Waals surface area contributed by atoms with E-state index in [2.05, 4.69) is 26.1 Å². The van der Waals surface area contributed by atoms with Crippen LogP contribution in [0.25, 0.3) is 0 Å². The summed E-state index contributed by atoms with van der Waals surface area (Å²) in [6.45, 7) is 7.55. The minimum Gasteiger partial charge on any atom is -0.310 e. The van der Waals surface area contributed by atoms with Crippen LogP contribution in [0.5, 0.6) is 0 Å².